The Morgan fingerprint density at radius 3 is 2.52 bits per heavy atom. The van der Waals surface area contributed by atoms with Gasteiger partial charge >= 0.3 is 5.97 Å². The summed E-state index contributed by atoms with van der Waals surface area (Å²) >= 11 is 0. The van der Waals surface area contributed by atoms with Crippen LogP contribution in [0.2, 0.25) is 0 Å². The Kier molecular flexibility index (Phi) is 6.10. The highest BCUT2D eigenvalue weighted by Crippen LogP contribution is 2.08. The van der Waals surface area contributed by atoms with Crippen LogP contribution in [0.1, 0.15) is 23.1 Å². The number of rotatable bonds is 8. The first-order valence-corrected chi connectivity index (χ1v) is 6.50. The molecule has 1 amide bonds. The highest BCUT2D eigenvalue weighted by Gasteiger charge is 2.18. The van der Waals surface area contributed by atoms with Gasteiger partial charge < -0.3 is 19.7 Å². The van der Waals surface area contributed by atoms with Crippen molar-refractivity contribution < 1.29 is 24.2 Å². The SMILES string of the molecule is COCC(CNC(=O)Cc1ccc(C(C)=O)n1C)C(=O)O. The molecule has 0 radical (unpaired) electrons. The Hall–Kier alpha value is -2.15. The third kappa shape index (κ3) is 4.71. The van der Waals surface area contributed by atoms with Crippen molar-refractivity contribution in [2.24, 2.45) is 13.0 Å². The lowest BCUT2D eigenvalue weighted by molar-refractivity contribution is -0.143. The summed E-state index contributed by atoms with van der Waals surface area (Å²) in [6.07, 6.45) is 0.0864. The van der Waals surface area contributed by atoms with Crippen LogP contribution in [0.4, 0.5) is 0 Å². The van der Waals surface area contributed by atoms with Gasteiger partial charge in [0.1, 0.15) is 0 Å². The molecule has 2 N–H and O–H groups in total. The van der Waals surface area contributed by atoms with E-state index in [1.807, 2.05) is 0 Å². The lowest BCUT2D eigenvalue weighted by Crippen LogP contribution is -2.36. The van der Waals surface area contributed by atoms with Gasteiger partial charge in [0.25, 0.3) is 0 Å². The largest absolute Gasteiger partial charge is 0.481 e. The number of ether oxygens (including phenoxy) is 1. The molecule has 0 saturated carbocycles. The van der Waals surface area contributed by atoms with E-state index in [-0.39, 0.29) is 31.3 Å². The third-order valence-electron chi connectivity index (χ3n) is 3.19. The molecule has 0 bridgehead atoms. The van der Waals surface area contributed by atoms with E-state index >= 15 is 0 Å². The van der Waals surface area contributed by atoms with Crippen LogP contribution in [0.5, 0.6) is 0 Å². The van der Waals surface area contributed by atoms with E-state index in [9.17, 15) is 14.4 Å². The van der Waals surface area contributed by atoms with Crippen LogP contribution in [0.25, 0.3) is 0 Å². The predicted octanol–water partition coefficient (Wildman–Crippen LogP) is 0.234. The average molecular weight is 296 g/mol. The molecular weight excluding hydrogens is 276 g/mol. The van der Waals surface area contributed by atoms with Gasteiger partial charge in [0, 0.05) is 33.3 Å². The zero-order valence-corrected chi connectivity index (χ0v) is 12.4. The standard InChI is InChI=1S/C14H20N2O5/c1-9(17)12-5-4-11(16(12)2)6-13(18)15-7-10(8-21-3)14(19)20/h4-5,10H,6-8H2,1-3H3,(H,15,18)(H,19,20). The maximum Gasteiger partial charge on any atom is 0.310 e. The summed E-state index contributed by atoms with van der Waals surface area (Å²) in [7, 11) is 3.12. The number of methoxy groups -OCH3 is 1. The molecule has 0 aliphatic heterocycles. The highest BCUT2D eigenvalue weighted by atomic mass is 16.5. The van der Waals surface area contributed by atoms with Crippen LogP contribution in [0, 0.1) is 5.92 Å². The fourth-order valence-electron chi connectivity index (χ4n) is 1.97. The summed E-state index contributed by atoms with van der Waals surface area (Å²) in [5.74, 6) is -2.17. The lowest BCUT2D eigenvalue weighted by Gasteiger charge is -2.12. The van der Waals surface area contributed by atoms with E-state index in [1.165, 1.54) is 14.0 Å². The predicted molar refractivity (Wildman–Crippen MR) is 75.1 cm³/mol. The topological polar surface area (TPSA) is 97.6 Å². The number of ketones is 1. The Labute approximate surface area is 122 Å². The number of amides is 1. The molecule has 21 heavy (non-hydrogen) atoms. The van der Waals surface area contributed by atoms with E-state index in [0.29, 0.717) is 11.4 Å². The fraction of sp³-hybridized carbons (Fsp3) is 0.500. The molecule has 0 spiro atoms. The number of nitrogens with one attached hydrogen (secondary N) is 1. The number of carbonyl (C=O) groups excluding carboxylic acids is 2. The molecule has 1 rings (SSSR count). The summed E-state index contributed by atoms with van der Waals surface area (Å²) in [4.78, 5) is 34.1. The Morgan fingerprint density at radius 2 is 2.05 bits per heavy atom. The summed E-state index contributed by atoms with van der Waals surface area (Å²) in [5.41, 5.74) is 1.22. The minimum atomic E-state index is -1.02. The molecule has 1 heterocycles. The molecule has 0 aliphatic carbocycles. The second-order valence-corrected chi connectivity index (χ2v) is 4.80. The monoisotopic (exact) mass is 296 g/mol. The zero-order valence-electron chi connectivity index (χ0n) is 12.4. The molecule has 0 fully saturated rings. The molecular formula is C14H20N2O5. The number of carboxylic acids is 1. The van der Waals surface area contributed by atoms with Gasteiger partial charge in [0.15, 0.2) is 5.78 Å². The van der Waals surface area contributed by atoms with Gasteiger partial charge in [0.2, 0.25) is 5.91 Å². The number of Topliss-reactive ketones (excluding diaryl/α,β-unsaturated/α-hetero) is 1. The summed E-state index contributed by atoms with van der Waals surface area (Å²) < 4.78 is 6.45. The van der Waals surface area contributed by atoms with Crippen molar-refractivity contribution in [1.29, 1.82) is 0 Å². The van der Waals surface area contributed by atoms with Crippen LogP contribution < -0.4 is 5.32 Å². The molecule has 1 aromatic heterocycles. The molecule has 7 nitrogen and oxygen atoms in total. The first-order chi connectivity index (χ1) is 9.86. The van der Waals surface area contributed by atoms with Gasteiger partial charge in [-0.2, -0.15) is 0 Å². The van der Waals surface area contributed by atoms with Gasteiger partial charge in [-0.3, -0.25) is 14.4 Å². The maximum atomic E-state index is 11.8. The van der Waals surface area contributed by atoms with Crippen molar-refractivity contribution in [3.8, 4) is 0 Å². The Balaban J connectivity index is 2.58. The minimum Gasteiger partial charge on any atom is -0.481 e. The zero-order chi connectivity index (χ0) is 16.0. The third-order valence-corrected chi connectivity index (χ3v) is 3.19. The molecule has 116 valence electrons. The van der Waals surface area contributed by atoms with Crippen LogP contribution in [-0.2, 0) is 27.8 Å². The number of carboxylic acid groups (broad SMARTS) is 1. The first-order valence-electron chi connectivity index (χ1n) is 6.50. The van der Waals surface area contributed by atoms with Crippen molar-refractivity contribution in [3.05, 3.63) is 23.5 Å². The number of aliphatic carboxylic acids is 1. The van der Waals surface area contributed by atoms with E-state index in [2.05, 4.69) is 5.32 Å². The summed E-state index contributed by atoms with van der Waals surface area (Å²) in [6, 6.07) is 3.37. The van der Waals surface area contributed by atoms with Crippen LogP contribution in [-0.4, -0.2) is 47.6 Å². The number of carbonyl (C=O) groups is 3. The van der Waals surface area contributed by atoms with Crippen molar-refractivity contribution in [2.75, 3.05) is 20.3 Å². The molecule has 7 heteroatoms. The van der Waals surface area contributed by atoms with Crippen molar-refractivity contribution in [1.82, 2.24) is 9.88 Å². The Bertz CT molecular complexity index is 535. The van der Waals surface area contributed by atoms with E-state index < -0.39 is 11.9 Å². The van der Waals surface area contributed by atoms with E-state index in [1.54, 1.807) is 23.7 Å². The fourth-order valence-corrected chi connectivity index (χ4v) is 1.97. The van der Waals surface area contributed by atoms with Gasteiger partial charge in [-0.15, -0.1) is 0 Å². The Morgan fingerprint density at radius 1 is 1.38 bits per heavy atom. The minimum absolute atomic E-state index is 0.00595. The van der Waals surface area contributed by atoms with Crippen LogP contribution in [0.15, 0.2) is 12.1 Å². The molecule has 1 atom stereocenters. The van der Waals surface area contributed by atoms with E-state index in [0.717, 1.165) is 0 Å². The normalized spacial score (nSPS) is 12.0. The second kappa shape index (κ2) is 7.58. The second-order valence-electron chi connectivity index (χ2n) is 4.80. The summed E-state index contributed by atoms with van der Waals surface area (Å²) in [5, 5.41) is 11.5. The number of hydrogen-bond acceptors (Lipinski definition) is 4. The number of hydrogen-bond donors (Lipinski definition) is 2. The van der Waals surface area contributed by atoms with Crippen LogP contribution in [0.3, 0.4) is 0 Å². The number of aromatic nitrogens is 1. The highest BCUT2D eigenvalue weighted by molar-refractivity contribution is 5.93. The quantitative estimate of drug-likeness (QED) is 0.669. The number of nitrogens with zero attached hydrogens (tertiary/aromatic N) is 1. The van der Waals surface area contributed by atoms with Crippen molar-refractivity contribution in [3.63, 3.8) is 0 Å². The maximum absolute atomic E-state index is 11.8. The molecule has 0 saturated heterocycles. The molecule has 0 aliphatic rings. The van der Waals surface area contributed by atoms with Crippen molar-refractivity contribution >= 4 is 17.7 Å². The average Bonchev–Trinajstić information content (AvgIpc) is 2.75. The van der Waals surface area contributed by atoms with Gasteiger partial charge in [-0.05, 0) is 12.1 Å². The van der Waals surface area contributed by atoms with Crippen LogP contribution >= 0.6 is 0 Å². The summed E-state index contributed by atoms with van der Waals surface area (Å²) in [6.45, 7) is 1.50. The molecule has 0 aromatic carbocycles. The van der Waals surface area contributed by atoms with Gasteiger partial charge in [0.05, 0.1) is 24.6 Å². The molecule has 1 unspecified atom stereocenters. The van der Waals surface area contributed by atoms with Gasteiger partial charge in [-0.1, -0.05) is 0 Å². The van der Waals surface area contributed by atoms with E-state index in [4.69, 9.17) is 9.84 Å². The smallest absolute Gasteiger partial charge is 0.310 e. The first kappa shape index (κ1) is 16.9. The molecule has 1 aromatic rings. The van der Waals surface area contributed by atoms with Crippen molar-refractivity contribution in [2.45, 2.75) is 13.3 Å². The lowest BCUT2D eigenvalue weighted by atomic mass is 10.1. The van der Waals surface area contributed by atoms with Gasteiger partial charge in [-0.25, -0.2) is 0 Å².